The van der Waals surface area contributed by atoms with Gasteiger partial charge in [-0.15, -0.1) is 45.5 Å². The summed E-state index contributed by atoms with van der Waals surface area (Å²) in [5.74, 6) is 2.65. The SMILES string of the molecule is CN=C(NCc1nnc(C)n1C)NCC1(c2cccs2)CCCCC1.I. The van der Waals surface area contributed by atoms with Gasteiger partial charge in [-0.2, -0.15) is 0 Å². The third kappa shape index (κ3) is 4.76. The monoisotopic (exact) mass is 488 g/mol. The van der Waals surface area contributed by atoms with E-state index in [1.165, 1.54) is 37.0 Å². The van der Waals surface area contributed by atoms with Crippen molar-refractivity contribution in [3.63, 3.8) is 0 Å². The summed E-state index contributed by atoms with van der Waals surface area (Å²) in [6.07, 6.45) is 6.47. The van der Waals surface area contributed by atoms with Gasteiger partial charge in [-0.05, 0) is 31.2 Å². The predicted molar refractivity (Wildman–Crippen MR) is 118 cm³/mol. The molecule has 2 aromatic heterocycles. The van der Waals surface area contributed by atoms with Crippen molar-refractivity contribution >= 4 is 41.3 Å². The van der Waals surface area contributed by atoms with Crippen LogP contribution in [0.4, 0.5) is 0 Å². The van der Waals surface area contributed by atoms with Crippen LogP contribution >= 0.6 is 35.3 Å². The summed E-state index contributed by atoms with van der Waals surface area (Å²) in [6, 6.07) is 4.45. The Kier molecular flexibility index (Phi) is 7.87. The Balaban J connectivity index is 0.00000243. The van der Waals surface area contributed by atoms with E-state index >= 15 is 0 Å². The zero-order valence-electron chi connectivity index (χ0n) is 15.8. The lowest BCUT2D eigenvalue weighted by molar-refractivity contribution is 0.296. The lowest BCUT2D eigenvalue weighted by atomic mass is 9.73. The van der Waals surface area contributed by atoms with Gasteiger partial charge in [0, 0.05) is 30.9 Å². The molecule has 26 heavy (non-hydrogen) atoms. The van der Waals surface area contributed by atoms with Crippen LogP contribution in [0.15, 0.2) is 22.5 Å². The number of hydrogen-bond acceptors (Lipinski definition) is 4. The van der Waals surface area contributed by atoms with Crippen molar-refractivity contribution in [2.24, 2.45) is 12.0 Å². The average molecular weight is 488 g/mol. The molecular formula is C18H29IN6S. The maximum Gasteiger partial charge on any atom is 0.191 e. The van der Waals surface area contributed by atoms with Gasteiger partial charge in [-0.1, -0.05) is 25.3 Å². The molecule has 1 saturated carbocycles. The van der Waals surface area contributed by atoms with Gasteiger partial charge in [0.15, 0.2) is 11.8 Å². The zero-order valence-corrected chi connectivity index (χ0v) is 18.9. The highest BCUT2D eigenvalue weighted by atomic mass is 127. The zero-order chi connectivity index (χ0) is 17.7. The third-order valence-corrected chi connectivity index (χ3v) is 6.39. The molecule has 0 unspecified atom stereocenters. The summed E-state index contributed by atoms with van der Waals surface area (Å²) in [6.45, 7) is 3.49. The van der Waals surface area contributed by atoms with E-state index in [-0.39, 0.29) is 29.4 Å². The van der Waals surface area contributed by atoms with Gasteiger partial charge in [0.1, 0.15) is 5.82 Å². The van der Waals surface area contributed by atoms with Gasteiger partial charge in [0.05, 0.1) is 6.54 Å². The first-order valence-electron chi connectivity index (χ1n) is 8.98. The first-order chi connectivity index (χ1) is 12.1. The maximum atomic E-state index is 4.38. The fourth-order valence-electron chi connectivity index (χ4n) is 3.56. The second-order valence-electron chi connectivity index (χ2n) is 6.82. The van der Waals surface area contributed by atoms with Crippen molar-refractivity contribution in [3.8, 4) is 0 Å². The van der Waals surface area contributed by atoms with E-state index in [9.17, 15) is 0 Å². The van der Waals surface area contributed by atoms with Crippen molar-refractivity contribution in [3.05, 3.63) is 34.0 Å². The molecule has 0 spiro atoms. The minimum atomic E-state index is 0. The number of halogens is 1. The van der Waals surface area contributed by atoms with Crippen LogP contribution in [0.5, 0.6) is 0 Å². The molecule has 0 saturated heterocycles. The highest BCUT2D eigenvalue weighted by Gasteiger charge is 2.34. The fraction of sp³-hybridized carbons (Fsp3) is 0.611. The van der Waals surface area contributed by atoms with Gasteiger partial charge in [0.2, 0.25) is 0 Å². The van der Waals surface area contributed by atoms with Crippen LogP contribution in [0.1, 0.15) is 48.6 Å². The predicted octanol–water partition coefficient (Wildman–Crippen LogP) is 3.37. The summed E-state index contributed by atoms with van der Waals surface area (Å²) < 4.78 is 1.99. The molecule has 8 heteroatoms. The molecule has 144 valence electrons. The van der Waals surface area contributed by atoms with Gasteiger partial charge in [-0.3, -0.25) is 4.99 Å². The van der Waals surface area contributed by atoms with Crippen LogP contribution in [0, 0.1) is 6.92 Å². The smallest absolute Gasteiger partial charge is 0.191 e. The average Bonchev–Trinajstić information content (AvgIpc) is 3.28. The normalized spacial score (nSPS) is 16.8. The molecule has 1 aliphatic rings. The van der Waals surface area contributed by atoms with Crippen molar-refractivity contribution in [1.82, 2.24) is 25.4 Å². The molecule has 2 aromatic rings. The first-order valence-corrected chi connectivity index (χ1v) is 9.86. The maximum absolute atomic E-state index is 4.38. The highest BCUT2D eigenvalue weighted by molar-refractivity contribution is 14.0. The lowest BCUT2D eigenvalue weighted by Crippen LogP contribution is -2.46. The molecule has 0 bridgehead atoms. The van der Waals surface area contributed by atoms with E-state index in [4.69, 9.17) is 0 Å². The minimum absolute atomic E-state index is 0. The number of aryl methyl sites for hydroxylation is 1. The van der Waals surface area contributed by atoms with E-state index in [1.54, 1.807) is 0 Å². The first kappa shape index (κ1) is 21.1. The standard InChI is InChI=1S/C18H28N6S.HI/c1-14-22-23-16(24(14)3)12-20-17(19-2)21-13-18(9-5-4-6-10-18)15-8-7-11-25-15;/h7-8,11H,4-6,9-10,12-13H2,1-3H3,(H2,19,20,21);1H. The van der Waals surface area contributed by atoms with Crippen molar-refractivity contribution in [2.45, 2.75) is 51.0 Å². The highest BCUT2D eigenvalue weighted by Crippen LogP contribution is 2.41. The van der Waals surface area contributed by atoms with Crippen LogP contribution < -0.4 is 10.6 Å². The van der Waals surface area contributed by atoms with Gasteiger partial charge in [0.25, 0.3) is 0 Å². The Hall–Kier alpha value is -1.16. The van der Waals surface area contributed by atoms with Crippen LogP contribution in [-0.2, 0) is 19.0 Å². The number of thiophene rings is 1. The molecule has 2 N–H and O–H groups in total. The van der Waals surface area contributed by atoms with Crippen LogP contribution in [0.25, 0.3) is 0 Å². The number of nitrogens with zero attached hydrogens (tertiary/aromatic N) is 4. The number of hydrogen-bond donors (Lipinski definition) is 2. The van der Waals surface area contributed by atoms with Crippen LogP contribution in [0.3, 0.4) is 0 Å². The number of aliphatic imine (C=N–C) groups is 1. The quantitative estimate of drug-likeness (QED) is 0.385. The minimum Gasteiger partial charge on any atom is -0.355 e. The second-order valence-corrected chi connectivity index (χ2v) is 7.77. The van der Waals surface area contributed by atoms with Crippen LogP contribution in [0.2, 0.25) is 0 Å². The van der Waals surface area contributed by atoms with Gasteiger partial charge in [-0.25, -0.2) is 0 Å². The van der Waals surface area contributed by atoms with E-state index < -0.39 is 0 Å². The molecule has 3 rings (SSSR count). The fourth-order valence-corrected chi connectivity index (χ4v) is 4.55. The van der Waals surface area contributed by atoms with E-state index in [1.807, 2.05) is 36.9 Å². The number of aromatic nitrogens is 3. The third-order valence-electron chi connectivity index (χ3n) is 5.27. The lowest BCUT2D eigenvalue weighted by Gasteiger charge is -2.37. The van der Waals surface area contributed by atoms with E-state index in [2.05, 4.69) is 43.3 Å². The molecule has 0 aliphatic heterocycles. The Morgan fingerprint density at radius 2 is 2.04 bits per heavy atom. The molecule has 1 fully saturated rings. The second kappa shape index (κ2) is 9.68. The number of nitrogens with one attached hydrogen (secondary N) is 2. The summed E-state index contributed by atoms with van der Waals surface area (Å²) in [5.41, 5.74) is 0.241. The molecule has 0 atom stereocenters. The summed E-state index contributed by atoms with van der Waals surface area (Å²) >= 11 is 1.88. The molecule has 6 nitrogen and oxygen atoms in total. The molecule has 2 heterocycles. The summed E-state index contributed by atoms with van der Waals surface area (Å²) in [5, 5.41) is 17.4. The van der Waals surface area contributed by atoms with Gasteiger partial charge >= 0.3 is 0 Å². The number of rotatable bonds is 5. The van der Waals surface area contributed by atoms with Crippen LogP contribution in [-0.4, -0.2) is 34.3 Å². The number of guanidine groups is 1. The largest absolute Gasteiger partial charge is 0.355 e. The molecule has 0 amide bonds. The topological polar surface area (TPSA) is 67.1 Å². The Labute approximate surface area is 176 Å². The van der Waals surface area contributed by atoms with Crippen molar-refractivity contribution in [2.75, 3.05) is 13.6 Å². The van der Waals surface area contributed by atoms with Crippen molar-refractivity contribution < 1.29 is 0 Å². The van der Waals surface area contributed by atoms with E-state index in [0.29, 0.717) is 6.54 Å². The Morgan fingerprint density at radius 3 is 2.62 bits per heavy atom. The molecule has 1 aliphatic carbocycles. The van der Waals surface area contributed by atoms with Gasteiger partial charge < -0.3 is 15.2 Å². The van der Waals surface area contributed by atoms with E-state index in [0.717, 1.165) is 24.2 Å². The summed E-state index contributed by atoms with van der Waals surface area (Å²) in [7, 11) is 3.80. The molecule has 0 radical (unpaired) electrons. The van der Waals surface area contributed by atoms with Crippen molar-refractivity contribution in [1.29, 1.82) is 0 Å². The Morgan fingerprint density at radius 1 is 1.27 bits per heavy atom. The molecule has 0 aromatic carbocycles. The summed E-state index contributed by atoms with van der Waals surface area (Å²) in [4.78, 5) is 5.88. The molecular weight excluding hydrogens is 459 g/mol. The Bertz CT molecular complexity index is 703.